The van der Waals surface area contributed by atoms with Crippen LogP contribution in [0.1, 0.15) is 36.5 Å². The molecule has 0 unspecified atom stereocenters. The molecule has 152 valence electrons. The van der Waals surface area contributed by atoms with Crippen LogP contribution in [-0.2, 0) is 7.05 Å². The maximum Gasteiger partial charge on any atom is 0.287 e. The van der Waals surface area contributed by atoms with Crippen molar-refractivity contribution in [1.29, 1.82) is 0 Å². The Kier molecular flexibility index (Phi) is 4.30. The van der Waals surface area contributed by atoms with E-state index in [4.69, 9.17) is 16.0 Å². The molecule has 2 heterocycles. The predicted octanol–water partition coefficient (Wildman–Crippen LogP) is 6.92. The predicted molar refractivity (Wildman–Crippen MR) is 125 cm³/mol. The van der Waals surface area contributed by atoms with E-state index in [0.29, 0.717) is 17.2 Å². The molecule has 0 radical (unpaired) electrons. The number of aryl methyl sites for hydroxylation is 2. The maximum atomic E-state index is 7.55. The second kappa shape index (κ2) is 6.92. The van der Waals surface area contributed by atoms with Crippen LogP contribution in [-0.4, -0.2) is 4.98 Å². The summed E-state index contributed by atoms with van der Waals surface area (Å²) in [6.45, 7) is 16.2. The highest BCUT2D eigenvalue weighted by molar-refractivity contribution is 6.14. The van der Waals surface area contributed by atoms with Gasteiger partial charge in [-0.3, -0.25) is 0 Å². The zero-order valence-electron chi connectivity index (χ0n) is 18.4. The van der Waals surface area contributed by atoms with Crippen LogP contribution in [0, 0.1) is 20.4 Å². The summed E-state index contributed by atoms with van der Waals surface area (Å²) < 4.78 is 8.49. The Morgan fingerprint density at radius 1 is 1.00 bits per heavy atom. The zero-order valence-corrected chi connectivity index (χ0v) is 18.4. The molecule has 5 rings (SSSR count). The van der Waals surface area contributed by atoms with Crippen molar-refractivity contribution in [2.75, 3.05) is 0 Å². The monoisotopic (exact) mass is 406 g/mol. The van der Waals surface area contributed by atoms with Gasteiger partial charge in [-0.05, 0) is 59.6 Å². The fourth-order valence-electron chi connectivity index (χ4n) is 4.44. The molecule has 0 amide bonds. The van der Waals surface area contributed by atoms with Gasteiger partial charge in [0.1, 0.15) is 16.9 Å². The quantitative estimate of drug-likeness (QED) is 0.236. The number of furan rings is 1. The van der Waals surface area contributed by atoms with Gasteiger partial charge < -0.3 is 4.42 Å². The number of nitrogens with zero attached hydrogens (tertiary/aromatic N) is 3. The van der Waals surface area contributed by atoms with E-state index in [1.807, 2.05) is 31.6 Å². The summed E-state index contributed by atoms with van der Waals surface area (Å²) >= 11 is 0. The minimum atomic E-state index is 0.443. The number of aromatic nitrogens is 2. The van der Waals surface area contributed by atoms with Crippen molar-refractivity contribution < 1.29 is 8.98 Å². The molecule has 0 saturated carbocycles. The van der Waals surface area contributed by atoms with Gasteiger partial charge in [-0.2, -0.15) is 0 Å². The van der Waals surface area contributed by atoms with Crippen LogP contribution in [0.5, 0.6) is 0 Å². The second-order valence-electron chi connectivity index (χ2n) is 8.57. The van der Waals surface area contributed by atoms with Crippen molar-refractivity contribution in [1.82, 2.24) is 4.98 Å². The van der Waals surface area contributed by atoms with Crippen molar-refractivity contribution in [3.63, 3.8) is 0 Å². The van der Waals surface area contributed by atoms with Crippen molar-refractivity contribution in [2.45, 2.75) is 33.6 Å². The van der Waals surface area contributed by atoms with Gasteiger partial charge in [-0.1, -0.05) is 38.1 Å². The summed E-state index contributed by atoms with van der Waals surface area (Å²) in [5.41, 5.74) is 8.79. The van der Waals surface area contributed by atoms with E-state index in [0.717, 1.165) is 38.5 Å². The van der Waals surface area contributed by atoms with Crippen LogP contribution >= 0.6 is 0 Å². The van der Waals surface area contributed by atoms with Crippen LogP contribution in [0.25, 0.3) is 48.9 Å². The number of rotatable bonds is 2. The van der Waals surface area contributed by atoms with Crippen LogP contribution in [0.2, 0.25) is 0 Å². The average Bonchev–Trinajstić information content (AvgIpc) is 3.13. The van der Waals surface area contributed by atoms with Crippen LogP contribution in [0.15, 0.2) is 53.2 Å². The molecule has 2 aromatic heterocycles. The van der Waals surface area contributed by atoms with Gasteiger partial charge >= 0.3 is 0 Å². The molecule has 0 aliphatic rings. The molecule has 0 spiro atoms. The summed E-state index contributed by atoms with van der Waals surface area (Å²) in [7, 11) is 2.03. The first kappa shape index (κ1) is 19.3. The SMILES string of the molecule is [C-]#[N+]c1cccc2c1oc1c(-c3c4ccc(C(C)C)cc4nc[n+]3C)c(C)c(C)cc12. The highest BCUT2D eigenvalue weighted by atomic mass is 16.3. The van der Waals surface area contributed by atoms with Crippen LogP contribution in [0.4, 0.5) is 5.69 Å². The molecule has 0 aliphatic heterocycles. The Labute approximate surface area is 181 Å². The number of hydrogen-bond donors (Lipinski definition) is 0. The minimum Gasteiger partial charge on any atom is -0.466 e. The maximum absolute atomic E-state index is 7.55. The van der Waals surface area contributed by atoms with Crippen LogP contribution < -0.4 is 4.57 Å². The molecule has 4 heteroatoms. The Bertz CT molecular complexity index is 1550. The first-order chi connectivity index (χ1) is 14.9. The summed E-state index contributed by atoms with van der Waals surface area (Å²) in [5, 5.41) is 3.12. The summed E-state index contributed by atoms with van der Waals surface area (Å²) in [5.74, 6) is 0.443. The van der Waals surface area contributed by atoms with Gasteiger partial charge in [0, 0.05) is 10.8 Å². The van der Waals surface area contributed by atoms with Crippen molar-refractivity contribution in [3.8, 4) is 11.3 Å². The topological polar surface area (TPSA) is 34.3 Å². The Hall–Kier alpha value is -3.71. The highest BCUT2D eigenvalue weighted by Crippen LogP contribution is 2.42. The Balaban J connectivity index is 1.95. The molecular formula is C27H24N3O+. The first-order valence-electron chi connectivity index (χ1n) is 10.5. The molecule has 4 nitrogen and oxygen atoms in total. The molecule has 0 bridgehead atoms. The molecule has 0 aliphatic carbocycles. The smallest absolute Gasteiger partial charge is 0.287 e. The summed E-state index contributed by atoms with van der Waals surface area (Å²) in [6, 6.07) is 14.5. The molecule has 5 aromatic rings. The number of para-hydroxylation sites is 1. The third-order valence-electron chi connectivity index (χ3n) is 6.31. The molecule has 0 saturated heterocycles. The minimum absolute atomic E-state index is 0.443. The lowest BCUT2D eigenvalue weighted by Gasteiger charge is -2.13. The number of fused-ring (bicyclic) bond motifs is 4. The molecule has 0 fully saturated rings. The second-order valence-corrected chi connectivity index (χ2v) is 8.57. The lowest BCUT2D eigenvalue weighted by atomic mass is 9.93. The van der Waals surface area contributed by atoms with Crippen molar-refractivity contribution >= 4 is 38.5 Å². The fraction of sp³-hybridized carbons (Fsp3) is 0.222. The molecule has 31 heavy (non-hydrogen) atoms. The lowest BCUT2D eigenvalue weighted by molar-refractivity contribution is -0.662. The lowest BCUT2D eigenvalue weighted by Crippen LogP contribution is -2.32. The fourth-order valence-corrected chi connectivity index (χ4v) is 4.44. The van der Waals surface area contributed by atoms with E-state index in [1.54, 1.807) is 0 Å². The normalized spacial score (nSPS) is 11.6. The molecule has 3 aromatic carbocycles. The average molecular weight is 407 g/mol. The van der Waals surface area contributed by atoms with Gasteiger partial charge in [-0.25, -0.2) is 9.41 Å². The van der Waals surface area contributed by atoms with Gasteiger partial charge in [-0.15, -0.1) is 0 Å². The van der Waals surface area contributed by atoms with Crippen molar-refractivity contribution in [2.24, 2.45) is 7.05 Å². The third kappa shape index (κ3) is 2.81. The van der Waals surface area contributed by atoms with E-state index < -0.39 is 0 Å². The van der Waals surface area contributed by atoms with Gasteiger partial charge in [0.15, 0.2) is 5.52 Å². The summed E-state index contributed by atoms with van der Waals surface area (Å²) in [4.78, 5) is 8.38. The Morgan fingerprint density at radius 3 is 2.55 bits per heavy atom. The van der Waals surface area contributed by atoms with E-state index in [-0.39, 0.29) is 0 Å². The third-order valence-corrected chi connectivity index (χ3v) is 6.31. The largest absolute Gasteiger partial charge is 0.466 e. The number of benzene rings is 3. The molecule has 0 N–H and O–H groups in total. The standard InChI is InChI=1S/C27H24N3O/c1-15(2)18-10-11-20-23(13-18)29-14-30(6)25(20)24-17(4)16(3)12-21-19-8-7-9-22(28-5)26(19)31-27(21)24/h7-15H,1-4,6H3/q+1. The van der Waals surface area contributed by atoms with Gasteiger partial charge in [0.2, 0.25) is 5.69 Å². The molecule has 0 atom stereocenters. The van der Waals surface area contributed by atoms with Gasteiger partial charge in [0.05, 0.1) is 24.6 Å². The summed E-state index contributed by atoms with van der Waals surface area (Å²) in [6.07, 6.45) is 1.88. The number of hydrogen-bond acceptors (Lipinski definition) is 2. The highest BCUT2D eigenvalue weighted by Gasteiger charge is 2.24. The van der Waals surface area contributed by atoms with E-state index in [1.165, 1.54) is 16.7 Å². The van der Waals surface area contributed by atoms with Crippen LogP contribution in [0.3, 0.4) is 0 Å². The zero-order chi connectivity index (χ0) is 21.9. The van der Waals surface area contributed by atoms with E-state index >= 15 is 0 Å². The molecular weight excluding hydrogens is 382 g/mol. The first-order valence-corrected chi connectivity index (χ1v) is 10.5. The van der Waals surface area contributed by atoms with Gasteiger partial charge in [0.25, 0.3) is 6.33 Å². The van der Waals surface area contributed by atoms with E-state index in [9.17, 15) is 0 Å². The van der Waals surface area contributed by atoms with Crippen molar-refractivity contribution in [3.05, 3.63) is 76.9 Å². The Morgan fingerprint density at radius 2 is 1.81 bits per heavy atom. The van der Waals surface area contributed by atoms with E-state index in [2.05, 4.69) is 61.4 Å².